The fraction of sp³-hybridized carbons (Fsp3) is 0.294. The lowest BCUT2D eigenvalue weighted by Gasteiger charge is -2.26. The highest BCUT2D eigenvalue weighted by molar-refractivity contribution is 6.09. The van der Waals surface area contributed by atoms with Gasteiger partial charge in [0.1, 0.15) is 11.6 Å². The van der Waals surface area contributed by atoms with Crippen LogP contribution in [0, 0.1) is 11.6 Å². The van der Waals surface area contributed by atoms with Gasteiger partial charge in [0.2, 0.25) is 23.2 Å². The molecule has 9 heteroatoms. The van der Waals surface area contributed by atoms with E-state index in [2.05, 4.69) is 0 Å². The molecule has 1 aromatic carbocycles. The Kier molecular flexibility index (Phi) is 4.09. The molecule has 0 aromatic heterocycles. The van der Waals surface area contributed by atoms with E-state index in [0.29, 0.717) is 4.90 Å². The third-order valence-corrected chi connectivity index (χ3v) is 4.07. The maximum atomic E-state index is 14.2. The van der Waals surface area contributed by atoms with Crippen LogP contribution in [0.4, 0.5) is 8.78 Å². The second-order valence-corrected chi connectivity index (χ2v) is 5.91. The summed E-state index contributed by atoms with van der Waals surface area (Å²) in [6.07, 6.45) is -0.254. The number of hydrogen-bond acceptors (Lipinski definition) is 6. The molecule has 1 fully saturated rings. The number of esters is 1. The number of ketones is 1. The van der Waals surface area contributed by atoms with E-state index in [9.17, 15) is 28.0 Å². The molecule has 0 spiro atoms. The standard InChI is InChI=1S/C17H13F2NO6/c1-8(21)25-14-15(24)17(2,13-9(18)4-3-5-10(13)19)26-16(14)20-11(22)6-7-12(20)23/h3-5H,6-7H2,1-2H3. The molecule has 0 aliphatic carbocycles. The summed E-state index contributed by atoms with van der Waals surface area (Å²) >= 11 is 0. The Morgan fingerprint density at radius 1 is 1.15 bits per heavy atom. The molecule has 1 unspecified atom stereocenters. The summed E-state index contributed by atoms with van der Waals surface area (Å²) in [4.78, 5) is 48.7. The second-order valence-electron chi connectivity index (χ2n) is 5.91. The van der Waals surface area contributed by atoms with Gasteiger partial charge in [-0.3, -0.25) is 19.2 Å². The first-order chi connectivity index (χ1) is 12.2. The minimum Gasteiger partial charge on any atom is -0.456 e. The van der Waals surface area contributed by atoms with Gasteiger partial charge < -0.3 is 9.47 Å². The van der Waals surface area contributed by atoms with Crippen LogP contribution in [0.5, 0.6) is 0 Å². The molecule has 0 saturated carbocycles. The number of imide groups is 1. The third-order valence-electron chi connectivity index (χ3n) is 4.07. The Labute approximate surface area is 146 Å². The average Bonchev–Trinajstić information content (AvgIpc) is 2.99. The van der Waals surface area contributed by atoms with Crippen LogP contribution in [0.1, 0.15) is 32.3 Å². The molecule has 0 N–H and O–H groups in total. The van der Waals surface area contributed by atoms with Crippen molar-refractivity contribution in [3.63, 3.8) is 0 Å². The molecule has 0 radical (unpaired) electrons. The fourth-order valence-corrected chi connectivity index (χ4v) is 2.90. The first kappa shape index (κ1) is 17.7. The molecule has 2 heterocycles. The van der Waals surface area contributed by atoms with Crippen molar-refractivity contribution in [2.75, 3.05) is 0 Å². The maximum absolute atomic E-state index is 14.2. The van der Waals surface area contributed by atoms with Gasteiger partial charge in [0.05, 0.1) is 5.56 Å². The van der Waals surface area contributed by atoms with Crippen LogP contribution in [0.25, 0.3) is 0 Å². The normalized spacial score (nSPS) is 22.9. The molecule has 1 aromatic rings. The summed E-state index contributed by atoms with van der Waals surface area (Å²) in [5.74, 6) is -6.88. The highest BCUT2D eigenvalue weighted by atomic mass is 19.1. The van der Waals surface area contributed by atoms with Crippen LogP contribution in [-0.2, 0) is 34.3 Å². The highest BCUT2D eigenvalue weighted by Gasteiger charge is 2.55. The van der Waals surface area contributed by atoms with Crippen LogP contribution in [0.15, 0.2) is 29.8 Å². The van der Waals surface area contributed by atoms with E-state index in [0.717, 1.165) is 32.0 Å². The summed E-state index contributed by atoms with van der Waals surface area (Å²) in [5, 5.41) is 0. The van der Waals surface area contributed by atoms with E-state index >= 15 is 0 Å². The van der Waals surface area contributed by atoms with Crippen molar-refractivity contribution in [2.45, 2.75) is 32.3 Å². The first-order valence-electron chi connectivity index (χ1n) is 7.63. The average molecular weight is 365 g/mol. The predicted molar refractivity (Wildman–Crippen MR) is 79.7 cm³/mol. The SMILES string of the molecule is CC(=O)OC1=C(N2C(=O)CCC2=O)OC(C)(c2c(F)cccc2F)C1=O. The van der Waals surface area contributed by atoms with Gasteiger partial charge in [0.25, 0.3) is 11.7 Å². The number of Topliss-reactive ketones (excluding diaryl/α,β-unsaturated/α-hetero) is 1. The van der Waals surface area contributed by atoms with E-state index in [1.165, 1.54) is 0 Å². The summed E-state index contributed by atoms with van der Waals surface area (Å²) in [6.45, 7) is 2.06. The zero-order valence-electron chi connectivity index (χ0n) is 13.8. The lowest BCUT2D eigenvalue weighted by molar-refractivity contribution is -0.144. The number of nitrogens with zero attached hydrogens (tertiary/aromatic N) is 1. The van der Waals surface area contributed by atoms with Crippen molar-refractivity contribution in [1.29, 1.82) is 0 Å². The number of carbonyl (C=O) groups is 4. The zero-order chi connectivity index (χ0) is 19.2. The third kappa shape index (κ3) is 2.56. The van der Waals surface area contributed by atoms with Gasteiger partial charge in [0, 0.05) is 19.8 Å². The monoisotopic (exact) mass is 365 g/mol. The minimum absolute atomic E-state index is 0.127. The molecule has 3 rings (SSSR count). The summed E-state index contributed by atoms with van der Waals surface area (Å²) in [7, 11) is 0. The van der Waals surface area contributed by atoms with E-state index in [1.54, 1.807) is 0 Å². The maximum Gasteiger partial charge on any atom is 0.308 e. The molecular formula is C17H13F2NO6. The molecule has 26 heavy (non-hydrogen) atoms. The zero-order valence-corrected chi connectivity index (χ0v) is 13.8. The van der Waals surface area contributed by atoms with Gasteiger partial charge in [-0.25, -0.2) is 13.7 Å². The summed E-state index contributed by atoms with van der Waals surface area (Å²) in [6, 6.07) is 2.96. The van der Waals surface area contributed by atoms with Crippen LogP contribution < -0.4 is 0 Å². The molecule has 2 aliphatic rings. The lowest BCUT2D eigenvalue weighted by atomic mass is 9.90. The van der Waals surface area contributed by atoms with Crippen molar-refractivity contribution < 1.29 is 37.4 Å². The molecule has 1 atom stereocenters. The van der Waals surface area contributed by atoms with Gasteiger partial charge in [-0.15, -0.1) is 0 Å². The van der Waals surface area contributed by atoms with Crippen molar-refractivity contribution in [3.05, 3.63) is 47.0 Å². The fourth-order valence-electron chi connectivity index (χ4n) is 2.90. The Balaban J connectivity index is 2.15. The number of halogens is 2. The van der Waals surface area contributed by atoms with E-state index in [1.807, 2.05) is 0 Å². The van der Waals surface area contributed by atoms with Crippen molar-refractivity contribution >= 4 is 23.6 Å². The van der Waals surface area contributed by atoms with Gasteiger partial charge in [-0.05, 0) is 19.1 Å². The first-order valence-corrected chi connectivity index (χ1v) is 7.63. The smallest absolute Gasteiger partial charge is 0.308 e. The van der Waals surface area contributed by atoms with Gasteiger partial charge in [0.15, 0.2) is 0 Å². The van der Waals surface area contributed by atoms with Crippen molar-refractivity contribution in [1.82, 2.24) is 4.90 Å². The van der Waals surface area contributed by atoms with Crippen molar-refractivity contribution in [3.8, 4) is 0 Å². The predicted octanol–water partition coefficient (Wildman–Crippen LogP) is 1.66. The Bertz CT molecular complexity index is 857. The quantitative estimate of drug-likeness (QED) is 0.598. The molecular weight excluding hydrogens is 352 g/mol. The van der Waals surface area contributed by atoms with E-state index in [-0.39, 0.29) is 12.8 Å². The van der Waals surface area contributed by atoms with Crippen LogP contribution in [0.2, 0.25) is 0 Å². The molecule has 0 bridgehead atoms. The van der Waals surface area contributed by atoms with Gasteiger partial charge in [-0.2, -0.15) is 0 Å². The van der Waals surface area contributed by atoms with E-state index < -0.39 is 58.0 Å². The van der Waals surface area contributed by atoms with Crippen LogP contribution >= 0.6 is 0 Å². The van der Waals surface area contributed by atoms with Crippen molar-refractivity contribution in [2.24, 2.45) is 0 Å². The molecule has 2 aliphatic heterocycles. The second kappa shape index (κ2) is 6.01. The molecule has 2 amide bonds. The number of hydrogen-bond donors (Lipinski definition) is 0. The number of ether oxygens (including phenoxy) is 2. The molecule has 136 valence electrons. The largest absolute Gasteiger partial charge is 0.456 e. The minimum atomic E-state index is -2.25. The number of benzene rings is 1. The number of amides is 2. The molecule has 7 nitrogen and oxygen atoms in total. The van der Waals surface area contributed by atoms with Crippen LogP contribution in [-0.4, -0.2) is 28.5 Å². The highest BCUT2D eigenvalue weighted by Crippen LogP contribution is 2.43. The van der Waals surface area contributed by atoms with Crippen LogP contribution in [0.3, 0.4) is 0 Å². The topological polar surface area (TPSA) is 90.0 Å². The summed E-state index contributed by atoms with van der Waals surface area (Å²) < 4.78 is 38.7. The lowest BCUT2D eigenvalue weighted by Crippen LogP contribution is -2.35. The summed E-state index contributed by atoms with van der Waals surface area (Å²) in [5.41, 5.74) is -2.97. The Hall–Kier alpha value is -3.10. The number of carbonyl (C=O) groups excluding carboxylic acids is 4. The van der Waals surface area contributed by atoms with Gasteiger partial charge in [-0.1, -0.05) is 6.07 Å². The number of likely N-dealkylation sites (tertiary alicyclic amines) is 1. The Morgan fingerprint density at radius 2 is 1.69 bits per heavy atom. The van der Waals surface area contributed by atoms with Gasteiger partial charge >= 0.3 is 5.97 Å². The molecule has 1 saturated heterocycles. The Morgan fingerprint density at radius 3 is 2.19 bits per heavy atom. The number of rotatable bonds is 3. The van der Waals surface area contributed by atoms with E-state index in [4.69, 9.17) is 9.47 Å².